The highest BCUT2D eigenvalue weighted by Crippen LogP contribution is 2.19. The Morgan fingerprint density at radius 3 is 2.50 bits per heavy atom. The van der Waals surface area contributed by atoms with Crippen LogP contribution in [-0.2, 0) is 20.8 Å². The van der Waals surface area contributed by atoms with Crippen molar-refractivity contribution in [3.05, 3.63) is 29.6 Å². The fourth-order valence-electron chi connectivity index (χ4n) is 1.66. The van der Waals surface area contributed by atoms with Crippen LogP contribution in [0, 0.1) is 5.82 Å². The van der Waals surface area contributed by atoms with Crippen LogP contribution in [0.15, 0.2) is 18.2 Å². The molecule has 0 aliphatic heterocycles. The maximum absolute atomic E-state index is 13.5. The molecule has 0 aromatic heterocycles. The Bertz CT molecular complexity index is 555. The third-order valence-electron chi connectivity index (χ3n) is 2.70. The van der Waals surface area contributed by atoms with Crippen molar-refractivity contribution in [2.45, 2.75) is 32.9 Å². The Kier molecular flexibility index (Phi) is 5.73. The van der Waals surface area contributed by atoms with Crippen LogP contribution in [-0.4, -0.2) is 36.2 Å². The Balaban J connectivity index is 2.97. The van der Waals surface area contributed by atoms with Crippen LogP contribution in [0.1, 0.15) is 26.3 Å². The molecule has 0 unspecified atom stereocenters. The van der Waals surface area contributed by atoms with Crippen molar-refractivity contribution in [1.29, 1.82) is 0 Å². The predicted molar refractivity (Wildman–Crippen MR) is 79.5 cm³/mol. The third-order valence-corrected chi connectivity index (χ3v) is 2.70. The summed E-state index contributed by atoms with van der Waals surface area (Å²) < 4.78 is 23.3. The largest absolute Gasteiger partial charge is 0.468 e. The summed E-state index contributed by atoms with van der Waals surface area (Å²) in [4.78, 5) is 24.7. The van der Waals surface area contributed by atoms with Crippen molar-refractivity contribution in [2.24, 2.45) is 0 Å². The van der Waals surface area contributed by atoms with Gasteiger partial charge in [0.15, 0.2) is 0 Å². The zero-order valence-corrected chi connectivity index (χ0v) is 13.2. The molecule has 1 amide bonds. The molecule has 1 rings (SSSR count). The molecule has 0 bridgehead atoms. The van der Waals surface area contributed by atoms with E-state index in [2.05, 4.69) is 4.74 Å². The van der Waals surface area contributed by atoms with Gasteiger partial charge in [0.1, 0.15) is 18.0 Å². The lowest BCUT2D eigenvalue weighted by atomic mass is 10.1. The first-order valence-corrected chi connectivity index (χ1v) is 6.71. The van der Waals surface area contributed by atoms with Gasteiger partial charge < -0.3 is 15.2 Å². The minimum atomic E-state index is -0.723. The van der Waals surface area contributed by atoms with Gasteiger partial charge in [-0.05, 0) is 32.4 Å². The first-order valence-electron chi connectivity index (χ1n) is 6.71. The molecule has 0 fully saturated rings. The minimum absolute atomic E-state index is 0.0619. The number of nitrogens with zero attached hydrogens (tertiary/aromatic N) is 1. The Morgan fingerprint density at radius 1 is 1.32 bits per heavy atom. The third kappa shape index (κ3) is 5.23. The van der Waals surface area contributed by atoms with Crippen LogP contribution in [0.5, 0.6) is 0 Å². The predicted octanol–water partition coefficient (Wildman–Crippen LogP) is 2.32. The smallest absolute Gasteiger partial charge is 0.411 e. The first-order chi connectivity index (χ1) is 10.1. The van der Waals surface area contributed by atoms with E-state index in [1.54, 1.807) is 26.8 Å². The second-order valence-corrected chi connectivity index (χ2v) is 5.73. The average Bonchev–Trinajstić information content (AvgIpc) is 2.40. The van der Waals surface area contributed by atoms with E-state index in [9.17, 15) is 14.0 Å². The van der Waals surface area contributed by atoms with Gasteiger partial charge in [0.2, 0.25) is 0 Å². The first kappa shape index (κ1) is 17.7. The number of amides is 1. The van der Waals surface area contributed by atoms with E-state index in [0.717, 1.165) is 4.90 Å². The van der Waals surface area contributed by atoms with E-state index in [4.69, 9.17) is 10.5 Å². The van der Waals surface area contributed by atoms with Crippen LogP contribution in [0.2, 0.25) is 0 Å². The summed E-state index contributed by atoms with van der Waals surface area (Å²) in [6.07, 6.45) is -0.707. The molecule has 2 N–H and O–H groups in total. The van der Waals surface area contributed by atoms with Crippen molar-refractivity contribution in [1.82, 2.24) is 4.90 Å². The highest BCUT2D eigenvalue weighted by Gasteiger charge is 2.25. The quantitative estimate of drug-likeness (QED) is 0.681. The summed E-state index contributed by atoms with van der Waals surface area (Å²) in [6, 6.07) is 4.27. The summed E-state index contributed by atoms with van der Waals surface area (Å²) >= 11 is 0. The number of benzene rings is 1. The maximum atomic E-state index is 13.5. The number of rotatable bonds is 4. The maximum Gasteiger partial charge on any atom is 0.411 e. The number of anilines is 1. The van der Waals surface area contributed by atoms with Crippen molar-refractivity contribution in [3.8, 4) is 0 Å². The average molecular weight is 312 g/mol. The van der Waals surface area contributed by atoms with Gasteiger partial charge in [0, 0.05) is 0 Å². The summed E-state index contributed by atoms with van der Waals surface area (Å²) in [6.45, 7) is 4.74. The normalized spacial score (nSPS) is 11.0. The molecule has 0 aliphatic carbocycles. The van der Waals surface area contributed by atoms with Crippen molar-refractivity contribution < 1.29 is 23.5 Å². The van der Waals surface area contributed by atoms with Crippen LogP contribution in [0.4, 0.5) is 14.9 Å². The van der Waals surface area contributed by atoms with Gasteiger partial charge in [-0.3, -0.25) is 9.69 Å². The number of esters is 1. The number of nitrogens with two attached hydrogens (primary N) is 1. The number of carbonyl (C=O) groups excluding carboxylic acids is 2. The van der Waals surface area contributed by atoms with E-state index in [1.165, 1.54) is 19.2 Å². The van der Waals surface area contributed by atoms with Gasteiger partial charge in [-0.1, -0.05) is 12.1 Å². The van der Waals surface area contributed by atoms with Gasteiger partial charge in [-0.15, -0.1) is 0 Å². The molecule has 122 valence electrons. The van der Waals surface area contributed by atoms with Crippen molar-refractivity contribution in [3.63, 3.8) is 0 Å². The lowest BCUT2D eigenvalue weighted by Gasteiger charge is -2.27. The van der Waals surface area contributed by atoms with Crippen LogP contribution in [0.25, 0.3) is 0 Å². The number of hydrogen-bond donors (Lipinski definition) is 1. The van der Waals surface area contributed by atoms with E-state index < -0.39 is 23.5 Å². The van der Waals surface area contributed by atoms with Gasteiger partial charge in [-0.2, -0.15) is 0 Å². The van der Waals surface area contributed by atoms with Crippen LogP contribution < -0.4 is 5.73 Å². The molecule has 0 saturated heterocycles. The number of ether oxygens (including phenoxy) is 2. The standard InChI is InChI=1S/C15H21FN2O4/c1-15(2,3)22-14(20)18(9-12(19)21-4)8-10-6-5-7-11(16)13(10)17/h5-7H,8-9,17H2,1-4H3. The monoisotopic (exact) mass is 312 g/mol. The van der Waals surface area contributed by atoms with Crippen LogP contribution in [0.3, 0.4) is 0 Å². The molecule has 22 heavy (non-hydrogen) atoms. The summed E-state index contributed by atoms with van der Waals surface area (Å²) in [5.74, 6) is -1.19. The summed E-state index contributed by atoms with van der Waals surface area (Å²) in [5, 5.41) is 0. The summed E-state index contributed by atoms with van der Waals surface area (Å²) in [7, 11) is 1.21. The van der Waals surface area contributed by atoms with Crippen molar-refractivity contribution >= 4 is 17.7 Å². The molecule has 7 heteroatoms. The van der Waals surface area contributed by atoms with Crippen LogP contribution >= 0.6 is 0 Å². The zero-order chi connectivity index (χ0) is 16.9. The van der Waals surface area contributed by atoms with E-state index in [0.29, 0.717) is 5.56 Å². The highest BCUT2D eigenvalue weighted by molar-refractivity contribution is 5.78. The molecule has 0 saturated carbocycles. The van der Waals surface area contributed by atoms with Gasteiger partial charge >= 0.3 is 12.1 Å². The number of para-hydroxylation sites is 1. The SMILES string of the molecule is COC(=O)CN(Cc1cccc(F)c1N)C(=O)OC(C)(C)C. The van der Waals surface area contributed by atoms with Gasteiger partial charge in [0.25, 0.3) is 0 Å². The topological polar surface area (TPSA) is 81.9 Å². The molecular formula is C15H21FN2O4. The molecule has 0 spiro atoms. The fraction of sp³-hybridized carbons (Fsp3) is 0.467. The number of methoxy groups -OCH3 is 1. The van der Waals surface area contributed by atoms with Crippen molar-refractivity contribution in [2.75, 3.05) is 19.4 Å². The Hall–Kier alpha value is -2.31. The molecule has 1 aromatic carbocycles. The summed E-state index contributed by atoms with van der Waals surface area (Å²) in [5.41, 5.74) is 5.24. The molecule has 0 radical (unpaired) electrons. The molecule has 1 aromatic rings. The number of carbonyl (C=O) groups is 2. The molecule has 0 heterocycles. The fourth-order valence-corrected chi connectivity index (χ4v) is 1.66. The van der Waals surface area contributed by atoms with E-state index in [-0.39, 0.29) is 18.8 Å². The lowest BCUT2D eigenvalue weighted by Crippen LogP contribution is -2.39. The number of nitrogen functional groups attached to an aromatic ring is 1. The number of halogens is 1. The van der Waals surface area contributed by atoms with Gasteiger partial charge in [0.05, 0.1) is 19.3 Å². The van der Waals surface area contributed by atoms with E-state index >= 15 is 0 Å². The van der Waals surface area contributed by atoms with E-state index in [1.807, 2.05) is 0 Å². The minimum Gasteiger partial charge on any atom is -0.468 e. The molecular weight excluding hydrogens is 291 g/mol. The zero-order valence-electron chi connectivity index (χ0n) is 13.2. The Labute approximate surface area is 129 Å². The molecule has 6 nitrogen and oxygen atoms in total. The Morgan fingerprint density at radius 2 is 1.95 bits per heavy atom. The molecule has 0 atom stereocenters. The molecule has 0 aliphatic rings. The highest BCUT2D eigenvalue weighted by atomic mass is 19.1. The van der Waals surface area contributed by atoms with Gasteiger partial charge in [-0.25, -0.2) is 9.18 Å². The lowest BCUT2D eigenvalue weighted by molar-refractivity contribution is -0.142. The number of hydrogen-bond acceptors (Lipinski definition) is 5. The second-order valence-electron chi connectivity index (χ2n) is 5.73. The second kappa shape index (κ2) is 7.11.